The Bertz CT molecular complexity index is 1050. The van der Waals surface area contributed by atoms with Crippen LogP contribution in [0.2, 0.25) is 0 Å². The lowest BCUT2D eigenvalue weighted by molar-refractivity contribution is -0.135. The van der Waals surface area contributed by atoms with Gasteiger partial charge in [0, 0.05) is 29.1 Å². The molecule has 0 aromatic carbocycles. The summed E-state index contributed by atoms with van der Waals surface area (Å²) in [5.74, 6) is 1.58. The molecule has 0 amide bonds. The van der Waals surface area contributed by atoms with E-state index in [0.717, 1.165) is 69.3 Å². The molecule has 7 nitrogen and oxygen atoms in total. The molecular formula is C28H44N6O. The second kappa shape index (κ2) is 7.90. The highest BCUT2D eigenvalue weighted by Gasteiger charge is 2.69. The molecule has 7 N–H and O–H groups in total. The molecule has 4 saturated carbocycles. The number of aromatic nitrogens is 2. The van der Waals surface area contributed by atoms with Crippen LogP contribution in [-0.2, 0) is 11.3 Å². The number of carbonyl (C=O) groups excluding carboxylic acids is 1. The number of fused-ring (bicyclic) bond motifs is 6. The van der Waals surface area contributed by atoms with Crippen LogP contribution in [0.25, 0.3) is 6.08 Å². The van der Waals surface area contributed by atoms with E-state index in [1.54, 1.807) is 0 Å². The van der Waals surface area contributed by atoms with Crippen molar-refractivity contribution in [2.24, 2.45) is 46.3 Å². The Morgan fingerprint density at radius 2 is 1.94 bits per heavy atom. The number of hydrogen-bond acceptors (Lipinski definition) is 6. The van der Waals surface area contributed by atoms with E-state index in [9.17, 15) is 4.79 Å². The lowest BCUT2D eigenvalue weighted by Crippen LogP contribution is -2.81. The molecule has 35 heavy (non-hydrogen) atoms. The van der Waals surface area contributed by atoms with Crippen molar-refractivity contribution < 1.29 is 4.79 Å². The van der Waals surface area contributed by atoms with E-state index in [1.807, 2.05) is 10.9 Å². The molecule has 6 rings (SSSR count). The van der Waals surface area contributed by atoms with Crippen molar-refractivity contribution in [2.45, 2.75) is 101 Å². The Hall–Kier alpha value is -1.70. The van der Waals surface area contributed by atoms with Crippen molar-refractivity contribution in [2.75, 3.05) is 11.9 Å². The van der Waals surface area contributed by atoms with E-state index in [-0.39, 0.29) is 33.9 Å². The predicted molar refractivity (Wildman–Crippen MR) is 139 cm³/mol. The van der Waals surface area contributed by atoms with E-state index >= 15 is 0 Å². The summed E-state index contributed by atoms with van der Waals surface area (Å²) in [4.78, 5) is 13.7. The Morgan fingerprint density at radius 1 is 1.11 bits per heavy atom. The Balaban J connectivity index is 1.25. The molecular weight excluding hydrogens is 436 g/mol. The third-order valence-corrected chi connectivity index (χ3v) is 11.6. The maximum absolute atomic E-state index is 13.7. The monoisotopic (exact) mass is 480 g/mol. The summed E-state index contributed by atoms with van der Waals surface area (Å²) < 4.78 is 1.87. The second-order valence-corrected chi connectivity index (χ2v) is 13.0. The van der Waals surface area contributed by atoms with Crippen molar-refractivity contribution >= 4 is 17.5 Å². The molecule has 0 spiro atoms. The lowest BCUT2D eigenvalue weighted by Gasteiger charge is -2.68. The van der Waals surface area contributed by atoms with Crippen molar-refractivity contribution in [3.05, 3.63) is 18.0 Å². The van der Waals surface area contributed by atoms with Crippen molar-refractivity contribution in [3.8, 4) is 0 Å². The van der Waals surface area contributed by atoms with Gasteiger partial charge in [0.15, 0.2) is 5.78 Å². The van der Waals surface area contributed by atoms with Gasteiger partial charge in [-0.1, -0.05) is 26.3 Å². The fraction of sp³-hybridized carbons (Fsp3) is 0.786. The molecule has 0 saturated heterocycles. The van der Waals surface area contributed by atoms with E-state index in [2.05, 4.69) is 36.4 Å². The third-order valence-electron chi connectivity index (χ3n) is 11.6. The number of carbonyl (C=O) groups is 1. The fourth-order valence-electron chi connectivity index (χ4n) is 9.62. The largest absolute Gasteiger partial charge is 0.379 e. The van der Waals surface area contributed by atoms with Gasteiger partial charge in [0.05, 0.1) is 17.6 Å². The van der Waals surface area contributed by atoms with Crippen LogP contribution in [0.3, 0.4) is 0 Å². The molecule has 2 unspecified atom stereocenters. The zero-order valence-corrected chi connectivity index (χ0v) is 21.6. The van der Waals surface area contributed by atoms with E-state index in [1.165, 1.54) is 12.8 Å². The number of anilines is 1. The fourth-order valence-corrected chi connectivity index (χ4v) is 9.62. The number of nitrogens with one attached hydrogen (secondary N) is 1. The van der Waals surface area contributed by atoms with Gasteiger partial charge in [0.2, 0.25) is 0 Å². The highest BCUT2D eigenvalue weighted by Crippen LogP contribution is 2.66. The topological polar surface area (TPSA) is 125 Å². The van der Waals surface area contributed by atoms with Crippen LogP contribution >= 0.6 is 0 Å². The molecule has 8 atom stereocenters. The van der Waals surface area contributed by atoms with E-state index < -0.39 is 0 Å². The minimum atomic E-state index is -0.386. The van der Waals surface area contributed by atoms with Crippen molar-refractivity contribution in [1.29, 1.82) is 0 Å². The predicted octanol–water partition coefficient (Wildman–Crippen LogP) is 3.43. The summed E-state index contributed by atoms with van der Waals surface area (Å²) in [5, 5.41) is 7.85. The summed E-state index contributed by atoms with van der Waals surface area (Å²) in [7, 11) is 0. The van der Waals surface area contributed by atoms with Gasteiger partial charge < -0.3 is 22.5 Å². The first kappa shape index (κ1) is 23.7. The summed E-state index contributed by atoms with van der Waals surface area (Å²) >= 11 is 0. The summed E-state index contributed by atoms with van der Waals surface area (Å²) in [6.45, 7) is 5.77. The smallest absolute Gasteiger partial charge is 0.157 e. The molecule has 4 aliphatic carbocycles. The van der Waals surface area contributed by atoms with Crippen LogP contribution in [0, 0.1) is 29.1 Å². The molecule has 192 valence electrons. The number of rotatable bonds is 4. The molecule has 1 aromatic rings. The zero-order chi connectivity index (χ0) is 24.6. The lowest BCUT2D eigenvalue weighted by atomic mass is 9.42. The van der Waals surface area contributed by atoms with Gasteiger partial charge in [-0.25, -0.2) is 0 Å². The summed E-state index contributed by atoms with van der Waals surface area (Å²) in [6, 6.07) is 0. The first-order valence-corrected chi connectivity index (χ1v) is 14.0. The Morgan fingerprint density at radius 3 is 2.74 bits per heavy atom. The molecule has 7 heteroatoms. The molecule has 0 bridgehead atoms. The molecule has 1 aromatic heterocycles. The zero-order valence-electron chi connectivity index (χ0n) is 21.6. The van der Waals surface area contributed by atoms with Crippen LogP contribution in [0.4, 0.5) is 5.69 Å². The first-order valence-electron chi connectivity index (χ1n) is 14.0. The third kappa shape index (κ3) is 3.20. The van der Waals surface area contributed by atoms with Gasteiger partial charge in [0.1, 0.15) is 6.54 Å². The van der Waals surface area contributed by atoms with Gasteiger partial charge in [0.25, 0.3) is 0 Å². The van der Waals surface area contributed by atoms with E-state index in [0.29, 0.717) is 24.2 Å². The van der Waals surface area contributed by atoms with Gasteiger partial charge in [-0.3, -0.25) is 9.48 Å². The SMILES string of the molecule is CC[C@H]1CC[C@]2(N)C3CC[C@@]4(C)C(CC[C@@H]4C(=O)Cn4ncc5c4C=CCN5)[C@]3(N)CC[C@]2(N)C1. The second-order valence-electron chi connectivity index (χ2n) is 13.0. The number of nitrogens with two attached hydrogens (primary N) is 3. The van der Waals surface area contributed by atoms with Crippen molar-refractivity contribution in [1.82, 2.24) is 9.78 Å². The summed E-state index contributed by atoms with van der Waals surface area (Å²) in [5.41, 5.74) is 22.9. The van der Waals surface area contributed by atoms with Crippen LogP contribution in [-0.4, -0.2) is 38.7 Å². The van der Waals surface area contributed by atoms with Gasteiger partial charge in [-0.15, -0.1) is 0 Å². The normalized spacial score (nSPS) is 46.2. The first-order chi connectivity index (χ1) is 16.6. The highest BCUT2D eigenvalue weighted by molar-refractivity contribution is 5.83. The Kier molecular flexibility index (Phi) is 5.34. The van der Waals surface area contributed by atoms with E-state index in [4.69, 9.17) is 17.2 Å². The Labute approximate surface area is 209 Å². The minimum Gasteiger partial charge on any atom is -0.379 e. The van der Waals surface area contributed by atoms with Gasteiger partial charge in [-0.05, 0) is 87.0 Å². The van der Waals surface area contributed by atoms with Crippen molar-refractivity contribution in [3.63, 3.8) is 0 Å². The number of ketones is 1. The quantitative estimate of drug-likeness (QED) is 0.523. The maximum atomic E-state index is 13.7. The van der Waals surface area contributed by atoms with Gasteiger partial charge in [-0.2, -0.15) is 5.10 Å². The number of hydrogen-bond donors (Lipinski definition) is 4. The van der Waals surface area contributed by atoms with Gasteiger partial charge >= 0.3 is 0 Å². The molecule has 4 fully saturated rings. The minimum absolute atomic E-state index is 0.0309. The standard InChI is InChI=1S/C28H44N6O/c1-3-18-8-11-28(31)24-9-10-25(2)19(6-7-23(25)27(24,30)13-12-26(28,29)15-18)22(35)17-34-21-5-4-14-32-20(21)16-33-34/h4-5,16,18-19,23-24,32H,3,6-15,17,29-31H2,1-2H3/t18-,19+,23?,24?,25+,26-,27+,28-/m0/s1. The van der Waals surface area contributed by atoms with Crippen LogP contribution < -0.4 is 22.5 Å². The average molecular weight is 481 g/mol. The number of Topliss-reactive ketones (excluding diaryl/α,β-unsaturated/α-hetero) is 1. The van der Waals surface area contributed by atoms with Crippen LogP contribution in [0.15, 0.2) is 12.3 Å². The molecule has 2 heterocycles. The molecule has 0 radical (unpaired) electrons. The summed E-state index contributed by atoms with van der Waals surface area (Å²) in [6.07, 6.45) is 16.2. The maximum Gasteiger partial charge on any atom is 0.157 e. The number of nitrogens with zero attached hydrogens (tertiary/aromatic N) is 2. The average Bonchev–Trinajstić information content (AvgIpc) is 3.41. The van der Waals surface area contributed by atoms with Crippen LogP contribution in [0.1, 0.15) is 83.7 Å². The highest BCUT2D eigenvalue weighted by atomic mass is 16.1. The molecule has 5 aliphatic rings. The van der Waals surface area contributed by atoms with Crippen LogP contribution in [0.5, 0.6) is 0 Å². The molecule has 1 aliphatic heterocycles.